The smallest absolute Gasteiger partial charge is 0.261 e. The molecule has 0 aliphatic rings. The highest BCUT2D eigenvalue weighted by molar-refractivity contribution is 8.13. The molecule has 2 rings (SSSR count). The molecule has 0 saturated carbocycles. The average Bonchev–Trinajstić information content (AvgIpc) is 2.78. The highest BCUT2D eigenvalue weighted by Crippen LogP contribution is 2.21. The fourth-order valence-electron chi connectivity index (χ4n) is 1.46. The SMILES string of the molecule is CC(c1ccccc1)c1nc(S(=O)(=O)Cl)n[nH]1. The molecule has 1 heterocycles. The first-order valence-electron chi connectivity index (χ1n) is 4.90. The maximum Gasteiger partial charge on any atom is 0.298 e. The van der Waals surface area contributed by atoms with Crippen molar-refractivity contribution in [3.8, 4) is 0 Å². The Kier molecular flexibility index (Phi) is 3.17. The van der Waals surface area contributed by atoms with Crippen LogP contribution >= 0.6 is 10.7 Å². The Hall–Kier alpha value is -1.40. The zero-order valence-corrected chi connectivity index (χ0v) is 10.5. The van der Waals surface area contributed by atoms with Crippen LogP contribution in [0.2, 0.25) is 0 Å². The molecule has 90 valence electrons. The fourth-order valence-corrected chi connectivity index (χ4v) is 2.03. The van der Waals surface area contributed by atoms with Gasteiger partial charge in [0.2, 0.25) is 0 Å². The molecule has 0 aliphatic heterocycles. The van der Waals surface area contributed by atoms with Gasteiger partial charge in [0.15, 0.2) is 0 Å². The Morgan fingerprint density at radius 3 is 2.47 bits per heavy atom. The van der Waals surface area contributed by atoms with E-state index in [1.807, 2.05) is 37.3 Å². The van der Waals surface area contributed by atoms with Crippen LogP contribution in [0.15, 0.2) is 35.5 Å². The topological polar surface area (TPSA) is 75.7 Å². The zero-order chi connectivity index (χ0) is 12.5. The Labute approximate surface area is 103 Å². The number of nitrogens with zero attached hydrogens (tertiary/aromatic N) is 2. The van der Waals surface area contributed by atoms with Crippen molar-refractivity contribution in [3.63, 3.8) is 0 Å². The first kappa shape index (κ1) is 12.1. The number of benzene rings is 1. The van der Waals surface area contributed by atoms with E-state index in [-0.39, 0.29) is 5.92 Å². The predicted octanol–water partition coefficient (Wildman–Crippen LogP) is 1.88. The van der Waals surface area contributed by atoms with E-state index in [9.17, 15) is 8.42 Å². The number of hydrogen-bond acceptors (Lipinski definition) is 4. The van der Waals surface area contributed by atoms with E-state index in [2.05, 4.69) is 15.2 Å². The Balaban J connectivity index is 2.33. The van der Waals surface area contributed by atoms with Gasteiger partial charge >= 0.3 is 0 Å². The molecule has 1 aromatic heterocycles. The molecule has 0 aliphatic carbocycles. The molecule has 0 fully saturated rings. The van der Waals surface area contributed by atoms with Gasteiger partial charge in [-0.25, -0.2) is 13.4 Å². The van der Waals surface area contributed by atoms with Crippen molar-refractivity contribution in [1.82, 2.24) is 15.2 Å². The lowest BCUT2D eigenvalue weighted by Gasteiger charge is -2.07. The van der Waals surface area contributed by atoms with Crippen LogP contribution in [0.1, 0.15) is 24.2 Å². The summed E-state index contributed by atoms with van der Waals surface area (Å²) in [6.45, 7) is 1.90. The van der Waals surface area contributed by atoms with E-state index in [0.717, 1.165) is 5.56 Å². The fraction of sp³-hybridized carbons (Fsp3) is 0.200. The van der Waals surface area contributed by atoms with Crippen molar-refractivity contribution in [3.05, 3.63) is 41.7 Å². The van der Waals surface area contributed by atoms with Gasteiger partial charge in [-0.05, 0) is 5.56 Å². The van der Waals surface area contributed by atoms with Gasteiger partial charge in [-0.2, -0.15) is 0 Å². The standard InChI is InChI=1S/C10H10ClN3O2S/c1-7(8-5-3-2-4-6-8)9-12-10(14-13-9)17(11,15)16/h2-7H,1H3,(H,12,13,14). The van der Waals surface area contributed by atoms with E-state index in [4.69, 9.17) is 10.7 Å². The molecule has 0 amide bonds. The third-order valence-corrected chi connectivity index (χ3v) is 3.44. The summed E-state index contributed by atoms with van der Waals surface area (Å²) < 4.78 is 22.1. The van der Waals surface area contributed by atoms with Gasteiger partial charge in [-0.3, -0.25) is 5.10 Å². The van der Waals surface area contributed by atoms with Gasteiger partial charge in [-0.15, -0.1) is 5.10 Å². The number of nitrogens with one attached hydrogen (secondary N) is 1. The van der Waals surface area contributed by atoms with Crippen molar-refractivity contribution >= 4 is 19.7 Å². The van der Waals surface area contributed by atoms with E-state index in [1.165, 1.54) is 0 Å². The Morgan fingerprint density at radius 2 is 1.94 bits per heavy atom. The van der Waals surface area contributed by atoms with E-state index < -0.39 is 14.2 Å². The first-order chi connectivity index (χ1) is 7.98. The van der Waals surface area contributed by atoms with Gasteiger partial charge in [0.25, 0.3) is 14.2 Å². The highest BCUT2D eigenvalue weighted by atomic mass is 35.7. The molecule has 0 spiro atoms. The van der Waals surface area contributed by atoms with Crippen LogP contribution in [-0.4, -0.2) is 23.6 Å². The van der Waals surface area contributed by atoms with E-state index >= 15 is 0 Å². The molecular formula is C10H10ClN3O2S. The van der Waals surface area contributed by atoms with Crippen LogP contribution in [0.3, 0.4) is 0 Å². The van der Waals surface area contributed by atoms with Crippen molar-refractivity contribution in [2.45, 2.75) is 18.0 Å². The van der Waals surface area contributed by atoms with Crippen molar-refractivity contribution in [2.75, 3.05) is 0 Å². The molecule has 1 atom stereocenters. The maximum absolute atomic E-state index is 11.0. The minimum absolute atomic E-state index is 0.0733. The maximum atomic E-state index is 11.0. The molecule has 5 nitrogen and oxygen atoms in total. The lowest BCUT2D eigenvalue weighted by molar-refractivity contribution is 0.601. The molecule has 1 aromatic carbocycles. The Bertz CT molecular complexity index is 609. The van der Waals surface area contributed by atoms with Crippen molar-refractivity contribution < 1.29 is 8.42 Å². The van der Waals surface area contributed by atoms with Gasteiger partial charge in [0.05, 0.1) is 0 Å². The first-order valence-corrected chi connectivity index (χ1v) is 7.21. The quantitative estimate of drug-likeness (QED) is 0.865. The van der Waals surface area contributed by atoms with Gasteiger partial charge in [-0.1, -0.05) is 37.3 Å². The normalized spacial score (nSPS) is 13.5. The summed E-state index contributed by atoms with van der Waals surface area (Å²) in [4.78, 5) is 3.87. The minimum Gasteiger partial charge on any atom is -0.261 e. The van der Waals surface area contributed by atoms with Crippen LogP contribution in [0.4, 0.5) is 0 Å². The number of H-pyrrole nitrogens is 1. The molecule has 1 N–H and O–H groups in total. The summed E-state index contributed by atoms with van der Waals surface area (Å²) in [7, 11) is 1.27. The van der Waals surface area contributed by atoms with Gasteiger partial charge < -0.3 is 0 Å². The number of halogens is 1. The summed E-state index contributed by atoms with van der Waals surface area (Å²) >= 11 is 0. The summed E-state index contributed by atoms with van der Waals surface area (Å²) in [6, 6.07) is 9.58. The second-order valence-electron chi connectivity index (χ2n) is 3.57. The third-order valence-electron chi connectivity index (χ3n) is 2.41. The monoisotopic (exact) mass is 271 g/mol. The largest absolute Gasteiger partial charge is 0.298 e. The molecule has 0 radical (unpaired) electrons. The number of hydrogen-bond donors (Lipinski definition) is 1. The van der Waals surface area contributed by atoms with E-state index in [0.29, 0.717) is 5.82 Å². The average molecular weight is 272 g/mol. The lowest BCUT2D eigenvalue weighted by atomic mass is 10.0. The number of rotatable bonds is 3. The zero-order valence-electron chi connectivity index (χ0n) is 8.96. The molecular weight excluding hydrogens is 262 g/mol. The molecule has 7 heteroatoms. The molecule has 0 saturated heterocycles. The molecule has 17 heavy (non-hydrogen) atoms. The number of aromatic amines is 1. The Morgan fingerprint density at radius 1 is 1.29 bits per heavy atom. The third kappa shape index (κ3) is 2.65. The summed E-state index contributed by atoms with van der Waals surface area (Å²) in [5.74, 6) is 0.395. The van der Waals surface area contributed by atoms with Crippen LogP contribution in [-0.2, 0) is 9.05 Å². The minimum atomic E-state index is -3.88. The molecule has 2 aromatic rings. The van der Waals surface area contributed by atoms with Gasteiger partial charge in [0.1, 0.15) is 5.82 Å². The van der Waals surface area contributed by atoms with Crippen LogP contribution in [0.5, 0.6) is 0 Å². The van der Waals surface area contributed by atoms with Crippen molar-refractivity contribution in [2.24, 2.45) is 0 Å². The summed E-state index contributed by atoms with van der Waals surface area (Å²) in [6.07, 6.45) is 0. The molecule has 1 unspecified atom stereocenters. The predicted molar refractivity (Wildman–Crippen MR) is 63.4 cm³/mol. The second kappa shape index (κ2) is 4.46. The molecule has 0 bridgehead atoms. The van der Waals surface area contributed by atoms with Crippen molar-refractivity contribution in [1.29, 1.82) is 0 Å². The highest BCUT2D eigenvalue weighted by Gasteiger charge is 2.19. The van der Waals surface area contributed by atoms with Crippen LogP contribution in [0.25, 0.3) is 0 Å². The summed E-state index contributed by atoms with van der Waals surface area (Å²) in [5.41, 5.74) is 1.02. The lowest BCUT2D eigenvalue weighted by Crippen LogP contribution is -1.99. The van der Waals surface area contributed by atoms with E-state index in [1.54, 1.807) is 0 Å². The second-order valence-corrected chi connectivity index (χ2v) is 6.03. The van der Waals surface area contributed by atoms with Crippen LogP contribution in [0, 0.1) is 0 Å². The summed E-state index contributed by atoms with van der Waals surface area (Å²) in [5, 5.41) is 5.77. The number of aromatic nitrogens is 3. The van der Waals surface area contributed by atoms with Gasteiger partial charge in [0, 0.05) is 16.6 Å². The van der Waals surface area contributed by atoms with Crippen LogP contribution < -0.4 is 0 Å².